The lowest BCUT2D eigenvalue weighted by Crippen LogP contribution is -2.71. The molecule has 1 aromatic heterocycles. The first-order valence-electron chi connectivity index (χ1n) is 13.0. The predicted molar refractivity (Wildman–Crippen MR) is 129 cm³/mol. The number of phenolic OH excluding ortho intramolecular Hbond substituents is 1. The lowest BCUT2D eigenvalue weighted by atomic mass is 9.52. The van der Waals surface area contributed by atoms with E-state index in [1.165, 1.54) is 18.4 Å². The summed E-state index contributed by atoms with van der Waals surface area (Å²) >= 11 is 0. The second-order valence-corrected chi connectivity index (χ2v) is 11.0. The van der Waals surface area contributed by atoms with Crippen LogP contribution in [0.3, 0.4) is 0 Å². The van der Waals surface area contributed by atoms with E-state index in [9.17, 15) is 15.0 Å². The van der Waals surface area contributed by atoms with E-state index < -0.39 is 11.0 Å². The number of rotatable bonds is 5. The van der Waals surface area contributed by atoms with Crippen LogP contribution in [-0.4, -0.2) is 73.5 Å². The minimum atomic E-state index is -0.906. The number of aryl methyl sites for hydroxylation is 1. The fraction of sp³-hybridized carbons (Fsp3) is 0.630. The van der Waals surface area contributed by atoms with Crippen molar-refractivity contribution in [3.8, 4) is 5.75 Å². The summed E-state index contributed by atoms with van der Waals surface area (Å²) in [5, 5.41) is 27.2. The summed E-state index contributed by atoms with van der Waals surface area (Å²) in [5.41, 5.74) is 2.14. The zero-order valence-corrected chi connectivity index (χ0v) is 20.1. The molecule has 3 fully saturated rings. The van der Waals surface area contributed by atoms with E-state index in [0.29, 0.717) is 19.5 Å². The Hall–Kier alpha value is -2.38. The third kappa shape index (κ3) is 3.47. The van der Waals surface area contributed by atoms with E-state index in [4.69, 9.17) is 0 Å². The van der Waals surface area contributed by atoms with Gasteiger partial charge in [-0.25, -0.2) is 0 Å². The maximum Gasteiger partial charge on any atom is 0.244 e. The molecule has 1 saturated carbocycles. The van der Waals surface area contributed by atoms with Gasteiger partial charge in [-0.2, -0.15) is 5.10 Å². The van der Waals surface area contributed by atoms with Crippen molar-refractivity contribution < 1.29 is 15.0 Å². The van der Waals surface area contributed by atoms with E-state index in [1.807, 2.05) is 23.4 Å². The molecule has 2 N–H and O–H groups in total. The van der Waals surface area contributed by atoms with Crippen LogP contribution in [0.1, 0.15) is 55.7 Å². The summed E-state index contributed by atoms with van der Waals surface area (Å²) in [7, 11) is 0. The topological polar surface area (TPSA) is 81.8 Å². The smallest absolute Gasteiger partial charge is 0.244 e. The fourth-order valence-electron chi connectivity index (χ4n) is 7.03. The number of likely N-dealkylation sites (tertiary alicyclic amines) is 2. The molecule has 2 saturated heterocycles. The molecule has 3 heterocycles. The van der Waals surface area contributed by atoms with Gasteiger partial charge in [0.05, 0.1) is 11.8 Å². The van der Waals surface area contributed by atoms with Crippen molar-refractivity contribution in [2.75, 3.05) is 26.2 Å². The number of aromatic nitrogens is 2. The van der Waals surface area contributed by atoms with Gasteiger partial charge in [0.15, 0.2) is 0 Å². The molecule has 182 valence electrons. The minimum absolute atomic E-state index is 0.0601. The molecule has 2 bridgehead atoms. The van der Waals surface area contributed by atoms with Crippen molar-refractivity contribution in [3.63, 3.8) is 0 Å². The average molecular weight is 465 g/mol. The number of piperidine rings is 1. The van der Waals surface area contributed by atoms with Crippen molar-refractivity contribution in [2.45, 2.75) is 75.5 Å². The third-order valence-corrected chi connectivity index (χ3v) is 9.17. The number of nitrogens with zero attached hydrogens (tertiary/aromatic N) is 4. The van der Waals surface area contributed by atoms with Gasteiger partial charge in [-0.15, -0.1) is 0 Å². The summed E-state index contributed by atoms with van der Waals surface area (Å²) in [6.07, 6.45) is 10.2. The lowest BCUT2D eigenvalue weighted by Gasteiger charge is -2.61. The Morgan fingerprint density at radius 3 is 2.74 bits per heavy atom. The second-order valence-electron chi connectivity index (χ2n) is 11.0. The maximum atomic E-state index is 13.3. The zero-order valence-electron chi connectivity index (χ0n) is 20.1. The highest BCUT2D eigenvalue weighted by Crippen LogP contribution is 2.56. The summed E-state index contributed by atoms with van der Waals surface area (Å²) in [4.78, 5) is 17.7. The Bertz CT molecular complexity index is 1100. The molecule has 0 unspecified atom stereocenters. The van der Waals surface area contributed by atoms with Crippen molar-refractivity contribution >= 4 is 5.91 Å². The first-order chi connectivity index (χ1) is 16.4. The van der Waals surface area contributed by atoms with Crippen molar-refractivity contribution in [1.82, 2.24) is 19.6 Å². The molecule has 7 nitrogen and oxygen atoms in total. The molecule has 2 aliphatic heterocycles. The lowest BCUT2D eigenvalue weighted by molar-refractivity contribution is -0.149. The predicted octanol–water partition coefficient (Wildman–Crippen LogP) is 2.48. The van der Waals surface area contributed by atoms with Gasteiger partial charge in [0.1, 0.15) is 12.3 Å². The molecule has 34 heavy (non-hydrogen) atoms. The normalized spacial score (nSPS) is 31.0. The number of hydrogen-bond donors (Lipinski definition) is 2. The third-order valence-electron chi connectivity index (χ3n) is 9.17. The number of hydrogen-bond acceptors (Lipinski definition) is 5. The van der Waals surface area contributed by atoms with Crippen LogP contribution in [-0.2, 0) is 29.6 Å². The minimum Gasteiger partial charge on any atom is -0.508 e. The molecule has 2 aromatic rings. The van der Waals surface area contributed by atoms with Crippen LogP contribution in [0, 0.1) is 5.92 Å². The highest BCUT2D eigenvalue weighted by atomic mass is 16.3. The molecule has 3 atom stereocenters. The van der Waals surface area contributed by atoms with Crippen LogP contribution in [0.2, 0.25) is 0 Å². The number of benzene rings is 1. The van der Waals surface area contributed by atoms with E-state index in [2.05, 4.69) is 23.0 Å². The monoisotopic (exact) mass is 464 g/mol. The highest BCUT2D eigenvalue weighted by molar-refractivity contribution is 5.76. The molecule has 4 aliphatic rings. The number of fused-ring (bicyclic) bond motifs is 1. The SMILES string of the molecule is CCc1cnn(CC(=O)N2CC[C@]34CCN(CC5CC5)[C@H](Cc5ccc(O)cc53)[C@]4(O)CC2)c1. The molecule has 0 radical (unpaired) electrons. The average Bonchev–Trinajstić information content (AvgIpc) is 3.55. The van der Waals surface area contributed by atoms with Gasteiger partial charge in [0.2, 0.25) is 5.91 Å². The number of aromatic hydroxyl groups is 1. The molecular formula is C27H36N4O3. The number of carbonyl (C=O) groups excluding carboxylic acids is 1. The van der Waals surface area contributed by atoms with Gasteiger partial charge < -0.3 is 15.1 Å². The standard InChI is InChI=1S/C27H36N4O3/c1-2-19-15-28-31(17-19)18-25(33)29-10-7-26-8-11-30(16-20-3-4-20)24(27(26,34)9-12-29)13-21-5-6-22(32)14-23(21)26/h5-6,14-15,17,20,24,32,34H,2-4,7-13,16,18H2,1H3/t24-,26+,27-/m1/s1. The Kier molecular flexibility index (Phi) is 5.26. The van der Waals surface area contributed by atoms with Crippen LogP contribution < -0.4 is 0 Å². The Balaban J connectivity index is 1.32. The van der Waals surface area contributed by atoms with Crippen LogP contribution >= 0.6 is 0 Å². The molecule has 6 rings (SSSR count). The number of aliphatic hydroxyl groups is 1. The van der Waals surface area contributed by atoms with E-state index in [-0.39, 0.29) is 24.2 Å². The molecule has 7 heteroatoms. The van der Waals surface area contributed by atoms with Gasteiger partial charge >= 0.3 is 0 Å². The summed E-state index contributed by atoms with van der Waals surface area (Å²) in [6, 6.07) is 5.78. The zero-order chi connectivity index (χ0) is 23.5. The van der Waals surface area contributed by atoms with E-state index >= 15 is 0 Å². The summed E-state index contributed by atoms with van der Waals surface area (Å²) < 4.78 is 1.73. The van der Waals surface area contributed by atoms with Gasteiger partial charge in [-0.1, -0.05) is 13.0 Å². The Morgan fingerprint density at radius 2 is 1.97 bits per heavy atom. The number of phenols is 1. The molecule has 0 spiro atoms. The second kappa shape index (κ2) is 8.09. The van der Waals surface area contributed by atoms with Crippen molar-refractivity contribution in [3.05, 3.63) is 47.3 Å². The van der Waals surface area contributed by atoms with Gasteiger partial charge in [0, 0.05) is 37.3 Å². The quantitative estimate of drug-likeness (QED) is 0.711. The molecule has 2 aliphatic carbocycles. The van der Waals surface area contributed by atoms with Crippen molar-refractivity contribution in [2.24, 2.45) is 5.92 Å². The van der Waals surface area contributed by atoms with E-state index in [1.54, 1.807) is 10.7 Å². The summed E-state index contributed by atoms with van der Waals surface area (Å²) in [6.45, 7) is 5.53. The largest absolute Gasteiger partial charge is 0.508 e. The van der Waals surface area contributed by atoms with Gasteiger partial charge in [-0.05, 0) is 86.2 Å². The maximum absolute atomic E-state index is 13.3. The van der Waals surface area contributed by atoms with Gasteiger partial charge in [-0.3, -0.25) is 14.4 Å². The van der Waals surface area contributed by atoms with Crippen LogP contribution in [0.4, 0.5) is 0 Å². The number of amides is 1. The molecular weight excluding hydrogens is 428 g/mol. The van der Waals surface area contributed by atoms with Crippen LogP contribution in [0.25, 0.3) is 0 Å². The molecule has 1 amide bonds. The first-order valence-corrected chi connectivity index (χ1v) is 13.0. The highest BCUT2D eigenvalue weighted by Gasteiger charge is 2.63. The fourth-order valence-corrected chi connectivity index (χ4v) is 7.03. The van der Waals surface area contributed by atoms with Crippen LogP contribution in [0.5, 0.6) is 5.75 Å². The Morgan fingerprint density at radius 1 is 1.18 bits per heavy atom. The first kappa shape index (κ1) is 22.1. The van der Waals surface area contributed by atoms with Crippen molar-refractivity contribution in [1.29, 1.82) is 0 Å². The van der Waals surface area contributed by atoms with Crippen LogP contribution in [0.15, 0.2) is 30.6 Å². The summed E-state index contributed by atoms with van der Waals surface area (Å²) in [5.74, 6) is 1.09. The Labute approximate surface area is 201 Å². The molecule has 1 aromatic carbocycles. The van der Waals surface area contributed by atoms with Gasteiger partial charge in [0.25, 0.3) is 0 Å². The van der Waals surface area contributed by atoms with E-state index in [0.717, 1.165) is 55.8 Å². The number of carbonyl (C=O) groups is 1.